The van der Waals surface area contributed by atoms with Crippen molar-refractivity contribution in [2.24, 2.45) is 5.92 Å². The zero-order valence-corrected chi connectivity index (χ0v) is 13.0. The number of urea groups is 1. The van der Waals surface area contributed by atoms with Gasteiger partial charge in [-0.2, -0.15) is 0 Å². The quantitative estimate of drug-likeness (QED) is 0.804. The van der Waals surface area contributed by atoms with Crippen molar-refractivity contribution >= 4 is 12.0 Å². The molecular weight excluding hydrogens is 274 g/mol. The lowest BCUT2D eigenvalue weighted by molar-refractivity contribution is -0.142. The Hall–Kier alpha value is -1.34. The summed E-state index contributed by atoms with van der Waals surface area (Å²) in [7, 11) is 5.56. The minimum absolute atomic E-state index is 0.119. The van der Waals surface area contributed by atoms with Gasteiger partial charge in [0.15, 0.2) is 0 Å². The third-order valence-electron chi connectivity index (χ3n) is 4.70. The lowest BCUT2D eigenvalue weighted by atomic mass is 10.0. The van der Waals surface area contributed by atoms with Crippen LogP contribution in [-0.2, 0) is 9.53 Å². The molecule has 7 heteroatoms. The van der Waals surface area contributed by atoms with Gasteiger partial charge in [0.05, 0.1) is 19.3 Å². The summed E-state index contributed by atoms with van der Waals surface area (Å²) < 4.78 is 5.24. The maximum Gasteiger partial charge on any atom is 0.320 e. The second kappa shape index (κ2) is 6.62. The van der Waals surface area contributed by atoms with Crippen molar-refractivity contribution in [3.05, 3.63) is 0 Å². The van der Waals surface area contributed by atoms with Crippen molar-refractivity contribution < 1.29 is 19.4 Å². The first-order chi connectivity index (χ1) is 9.91. The first-order valence-corrected chi connectivity index (χ1v) is 7.40. The fourth-order valence-corrected chi connectivity index (χ4v) is 3.09. The number of ether oxygens (including phenoxy) is 1. The molecule has 0 bridgehead atoms. The number of aliphatic carboxylic acids is 1. The summed E-state index contributed by atoms with van der Waals surface area (Å²) in [6.07, 6.45) is 1.91. The van der Waals surface area contributed by atoms with Crippen LogP contribution in [0.3, 0.4) is 0 Å². The highest BCUT2D eigenvalue weighted by atomic mass is 16.5. The Morgan fingerprint density at radius 3 is 2.33 bits per heavy atom. The highest BCUT2D eigenvalue weighted by Crippen LogP contribution is 2.22. The third kappa shape index (κ3) is 3.47. The molecule has 2 unspecified atom stereocenters. The molecule has 2 amide bonds. The Morgan fingerprint density at radius 2 is 1.76 bits per heavy atom. The van der Waals surface area contributed by atoms with Crippen LogP contribution in [0.25, 0.3) is 0 Å². The number of carbonyl (C=O) groups is 2. The molecule has 0 radical (unpaired) electrons. The van der Waals surface area contributed by atoms with Gasteiger partial charge in [-0.1, -0.05) is 0 Å². The molecular formula is C14H25N3O4. The number of hydrogen-bond donors (Lipinski definition) is 1. The molecule has 0 spiro atoms. The zero-order chi connectivity index (χ0) is 15.6. The van der Waals surface area contributed by atoms with Gasteiger partial charge < -0.3 is 24.5 Å². The number of carboxylic acid groups (broad SMARTS) is 1. The van der Waals surface area contributed by atoms with E-state index in [9.17, 15) is 14.7 Å². The van der Waals surface area contributed by atoms with Crippen LogP contribution >= 0.6 is 0 Å². The summed E-state index contributed by atoms with van der Waals surface area (Å²) in [5, 5.41) is 9.19. The fourth-order valence-electron chi connectivity index (χ4n) is 3.09. The van der Waals surface area contributed by atoms with Crippen molar-refractivity contribution in [3.63, 3.8) is 0 Å². The van der Waals surface area contributed by atoms with Crippen LogP contribution in [0.15, 0.2) is 0 Å². The number of amides is 2. The Morgan fingerprint density at radius 1 is 1.14 bits per heavy atom. The van der Waals surface area contributed by atoms with E-state index in [0.29, 0.717) is 6.61 Å². The van der Waals surface area contributed by atoms with Gasteiger partial charge in [-0.05, 0) is 33.0 Å². The molecule has 2 rings (SSSR count). The Balaban J connectivity index is 1.96. The van der Waals surface area contributed by atoms with Gasteiger partial charge in [0.25, 0.3) is 0 Å². The van der Waals surface area contributed by atoms with Crippen LogP contribution in [0.5, 0.6) is 0 Å². The SMILES string of the molecule is CN1CCC(N(C)C(=O)N(C)C2COCC2C(=O)O)CC1. The zero-order valence-electron chi connectivity index (χ0n) is 13.0. The second-order valence-electron chi connectivity index (χ2n) is 6.09. The van der Waals surface area contributed by atoms with Crippen LogP contribution in [0.4, 0.5) is 4.79 Å². The smallest absolute Gasteiger partial charge is 0.320 e. The normalized spacial score (nSPS) is 27.6. The van der Waals surface area contributed by atoms with Gasteiger partial charge in [-0.15, -0.1) is 0 Å². The highest BCUT2D eigenvalue weighted by molar-refractivity contribution is 5.77. The van der Waals surface area contributed by atoms with E-state index >= 15 is 0 Å². The van der Waals surface area contributed by atoms with E-state index < -0.39 is 11.9 Å². The molecule has 7 nitrogen and oxygen atoms in total. The van der Waals surface area contributed by atoms with E-state index in [0.717, 1.165) is 25.9 Å². The van der Waals surface area contributed by atoms with Crippen molar-refractivity contribution in [1.29, 1.82) is 0 Å². The van der Waals surface area contributed by atoms with Crippen LogP contribution < -0.4 is 0 Å². The number of carboxylic acids is 1. The lowest BCUT2D eigenvalue weighted by Gasteiger charge is -2.38. The standard InChI is InChI=1S/C14H25N3O4/c1-15-6-4-10(5-7-15)16(2)14(20)17(3)12-9-21-8-11(12)13(18)19/h10-12H,4-9H2,1-3H3,(H,18,19). The highest BCUT2D eigenvalue weighted by Gasteiger charge is 2.40. The predicted molar refractivity (Wildman–Crippen MR) is 77.2 cm³/mol. The number of carbonyl (C=O) groups excluding carboxylic acids is 1. The van der Waals surface area contributed by atoms with E-state index in [2.05, 4.69) is 11.9 Å². The summed E-state index contributed by atoms with van der Waals surface area (Å²) in [5.41, 5.74) is 0. The Labute approximate surface area is 125 Å². The number of piperidine rings is 1. The first-order valence-electron chi connectivity index (χ1n) is 7.40. The molecule has 0 aliphatic carbocycles. The van der Waals surface area contributed by atoms with Gasteiger partial charge in [0.1, 0.15) is 5.92 Å². The van der Waals surface area contributed by atoms with Gasteiger partial charge in [0.2, 0.25) is 0 Å². The monoisotopic (exact) mass is 299 g/mol. The molecule has 1 N–H and O–H groups in total. The molecule has 21 heavy (non-hydrogen) atoms. The van der Waals surface area contributed by atoms with Crippen molar-refractivity contribution in [1.82, 2.24) is 14.7 Å². The molecule has 0 aromatic rings. The molecule has 0 aromatic carbocycles. The molecule has 0 aromatic heterocycles. The average Bonchev–Trinajstić information content (AvgIpc) is 2.95. The second-order valence-corrected chi connectivity index (χ2v) is 6.09. The number of nitrogens with zero attached hydrogens (tertiary/aromatic N) is 3. The Kier molecular flexibility index (Phi) is 5.05. The van der Waals surface area contributed by atoms with E-state index in [1.807, 2.05) is 0 Å². The van der Waals surface area contributed by atoms with E-state index in [1.165, 1.54) is 4.90 Å². The number of likely N-dealkylation sites (tertiary alicyclic amines) is 1. The van der Waals surface area contributed by atoms with Gasteiger partial charge >= 0.3 is 12.0 Å². The summed E-state index contributed by atoms with van der Waals surface area (Å²) in [6, 6.07) is -0.281. The molecule has 2 saturated heterocycles. The van der Waals surface area contributed by atoms with E-state index in [4.69, 9.17) is 4.74 Å². The molecule has 2 aliphatic heterocycles. The van der Waals surface area contributed by atoms with Crippen molar-refractivity contribution in [2.45, 2.75) is 24.9 Å². The third-order valence-corrected chi connectivity index (χ3v) is 4.70. The maximum absolute atomic E-state index is 12.6. The van der Waals surface area contributed by atoms with Gasteiger partial charge in [0, 0.05) is 20.1 Å². The Bertz CT molecular complexity index is 396. The molecule has 120 valence electrons. The molecule has 0 saturated carbocycles. The van der Waals surface area contributed by atoms with Crippen LogP contribution in [0.2, 0.25) is 0 Å². The lowest BCUT2D eigenvalue weighted by Crippen LogP contribution is -2.53. The van der Waals surface area contributed by atoms with Crippen molar-refractivity contribution in [3.8, 4) is 0 Å². The predicted octanol–water partition coefficient (Wildman–Crippen LogP) is 0.164. The minimum Gasteiger partial charge on any atom is -0.481 e. The van der Waals surface area contributed by atoms with Crippen LogP contribution in [0.1, 0.15) is 12.8 Å². The largest absolute Gasteiger partial charge is 0.481 e. The number of hydrogen-bond acceptors (Lipinski definition) is 4. The minimum atomic E-state index is -0.904. The van der Waals surface area contributed by atoms with Crippen LogP contribution in [0, 0.1) is 5.92 Å². The maximum atomic E-state index is 12.6. The van der Waals surface area contributed by atoms with E-state index in [-0.39, 0.29) is 24.7 Å². The van der Waals surface area contributed by atoms with Gasteiger partial charge in [-0.25, -0.2) is 4.79 Å². The first kappa shape index (κ1) is 16.0. The summed E-state index contributed by atoms with van der Waals surface area (Å²) in [4.78, 5) is 29.3. The van der Waals surface area contributed by atoms with Gasteiger partial charge in [-0.3, -0.25) is 4.79 Å². The molecule has 2 atom stereocenters. The van der Waals surface area contributed by atoms with Crippen LogP contribution in [-0.4, -0.2) is 91.3 Å². The molecule has 2 heterocycles. The summed E-state index contributed by atoms with van der Waals surface area (Å²) in [6.45, 7) is 2.43. The number of rotatable bonds is 3. The van der Waals surface area contributed by atoms with E-state index in [1.54, 1.807) is 19.0 Å². The summed E-state index contributed by atoms with van der Waals surface area (Å²) in [5.74, 6) is -1.54. The molecule has 2 aliphatic rings. The average molecular weight is 299 g/mol. The topological polar surface area (TPSA) is 73.3 Å². The molecule has 2 fully saturated rings. The fraction of sp³-hybridized carbons (Fsp3) is 0.857. The number of likely N-dealkylation sites (N-methyl/N-ethyl adjacent to an activating group) is 1. The van der Waals surface area contributed by atoms with Crippen molar-refractivity contribution in [2.75, 3.05) is 47.4 Å². The summed E-state index contributed by atoms with van der Waals surface area (Å²) >= 11 is 0.